The molecule has 2 unspecified atom stereocenters. The van der Waals surface area contributed by atoms with Crippen molar-refractivity contribution in [3.8, 4) is 0 Å². The number of carbonyl (C=O) groups is 2. The highest BCUT2D eigenvalue weighted by molar-refractivity contribution is 5.83. The first-order valence-electron chi connectivity index (χ1n) is 8.26. The summed E-state index contributed by atoms with van der Waals surface area (Å²) in [6.07, 6.45) is -2.07. The largest absolute Gasteiger partial charge is 0.467 e. The molecule has 2 atom stereocenters. The van der Waals surface area contributed by atoms with Gasteiger partial charge in [0.05, 0.1) is 12.7 Å². The second kappa shape index (κ2) is 8.92. The smallest absolute Gasteiger partial charge is 0.416 e. The molecule has 5 nitrogen and oxygen atoms in total. The van der Waals surface area contributed by atoms with E-state index in [1.54, 1.807) is 39.8 Å². The molecule has 27 heavy (non-hydrogen) atoms. The minimum Gasteiger partial charge on any atom is -0.467 e. The lowest BCUT2D eigenvalue weighted by atomic mass is 9.90. The Kier molecular flexibility index (Phi) is 7.45. The fourth-order valence-electron chi connectivity index (χ4n) is 2.37. The first-order valence-corrected chi connectivity index (χ1v) is 8.26. The van der Waals surface area contributed by atoms with E-state index >= 15 is 0 Å². The van der Waals surface area contributed by atoms with E-state index in [0.29, 0.717) is 5.56 Å². The van der Waals surface area contributed by atoms with Gasteiger partial charge in [0.25, 0.3) is 0 Å². The number of benzene rings is 1. The summed E-state index contributed by atoms with van der Waals surface area (Å²) < 4.78 is 48.2. The average Bonchev–Trinajstić information content (AvgIpc) is 2.55. The second-order valence-electron chi connectivity index (χ2n) is 6.82. The Morgan fingerprint density at radius 3 is 2.07 bits per heavy atom. The number of rotatable bonds is 5. The molecule has 0 saturated heterocycles. The fraction of sp³-hybridized carbons (Fsp3) is 0.474. The van der Waals surface area contributed by atoms with Crippen LogP contribution in [0.5, 0.6) is 0 Å². The minimum absolute atomic E-state index is 0.410. The molecule has 0 spiro atoms. The van der Waals surface area contributed by atoms with E-state index in [4.69, 9.17) is 9.47 Å². The molecule has 0 radical (unpaired) electrons. The molecule has 0 aliphatic carbocycles. The van der Waals surface area contributed by atoms with Crippen LogP contribution in [0.4, 0.5) is 18.0 Å². The average molecular weight is 387 g/mol. The summed E-state index contributed by atoms with van der Waals surface area (Å²) in [6.45, 7) is 6.69. The lowest BCUT2D eigenvalue weighted by Gasteiger charge is -2.26. The van der Waals surface area contributed by atoms with E-state index < -0.39 is 41.4 Å². The van der Waals surface area contributed by atoms with Gasteiger partial charge in [0.15, 0.2) is 0 Å². The molecule has 0 heterocycles. The number of halogens is 3. The monoisotopic (exact) mass is 387 g/mol. The zero-order chi connectivity index (χ0) is 20.8. The number of ether oxygens (including phenoxy) is 2. The number of methoxy groups -OCH3 is 1. The molecule has 1 N–H and O–H groups in total. The molecular weight excluding hydrogens is 363 g/mol. The highest BCUT2D eigenvalue weighted by Gasteiger charge is 2.34. The Labute approximate surface area is 156 Å². The maximum Gasteiger partial charge on any atom is 0.416 e. The van der Waals surface area contributed by atoms with Crippen LogP contribution < -0.4 is 5.32 Å². The Balaban J connectivity index is 3.20. The molecule has 0 aliphatic heterocycles. The fourth-order valence-corrected chi connectivity index (χ4v) is 2.37. The number of alkyl halides is 3. The number of amides is 1. The van der Waals surface area contributed by atoms with Crippen LogP contribution in [0.3, 0.4) is 0 Å². The van der Waals surface area contributed by atoms with Crippen molar-refractivity contribution in [3.63, 3.8) is 0 Å². The molecule has 1 aromatic carbocycles. The van der Waals surface area contributed by atoms with Crippen molar-refractivity contribution in [2.45, 2.75) is 51.4 Å². The van der Waals surface area contributed by atoms with E-state index in [2.05, 4.69) is 5.32 Å². The van der Waals surface area contributed by atoms with E-state index in [9.17, 15) is 22.8 Å². The van der Waals surface area contributed by atoms with Gasteiger partial charge in [0.2, 0.25) is 0 Å². The third kappa shape index (κ3) is 6.96. The van der Waals surface area contributed by atoms with Crippen molar-refractivity contribution < 1.29 is 32.2 Å². The SMILES string of the molecule is CC=CC(c1ccc(C(F)(F)F)cc1)C(NC(=O)OC(C)(C)C)C(=O)OC. The number of hydrogen-bond donors (Lipinski definition) is 1. The Morgan fingerprint density at radius 1 is 1.11 bits per heavy atom. The predicted octanol–water partition coefficient (Wildman–Crippen LogP) is 4.43. The Morgan fingerprint density at radius 2 is 1.67 bits per heavy atom. The molecular formula is C19H24F3NO4. The highest BCUT2D eigenvalue weighted by atomic mass is 19.4. The van der Waals surface area contributed by atoms with Gasteiger partial charge in [-0.3, -0.25) is 0 Å². The van der Waals surface area contributed by atoms with Gasteiger partial charge in [0.1, 0.15) is 11.6 Å². The zero-order valence-electron chi connectivity index (χ0n) is 15.9. The summed E-state index contributed by atoms with van der Waals surface area (Å²) in [7, 11) is 1.16. The van der Waals surface area contributed by atoms with Crippen molar-refractivity contribution in [1.82, 2.24) is 5.32 Å². The maximum atomic E-state index is 12.8. The standard InChI is InChI=1S/C19H24F3NO4/c1-6-7-14(12-8-10-13(11-9-12)19(20,21)22)15(16(24)26-5)23-17(25)27-18(2,3)4/h6-11,14-15H,1-5H3,(H,23,25). The number of alkyl carbamates (subject to hydrolysis) is 1. The normalized spacial score (nSPS) is 14.5. The van der Waals surface area contributed by atoms with E-state index in [1.165, 1.54) is 12.1 Å². The van der Waals surface area contributed by atoms with Gasteiger partial charge in [-0.15, -0.1) is 0 Å². The van der Waals surface area contributed by atoms with Crippen LogP contribution in [0.15, 0.2) is 36.4 Å². The van der Waals surface area contributed by atoms with E-state index in [-0.39, 0.29) is 0 Å². The molecule has 0 bridgehead atoms. The predicted molar refractivity (Wildman–Crippen MR) is 94.2 cm³/mol. The lowest BCUT2D eigenvalue weighted by Crippen LogP contribution is -2.47. The van der Waals surface area contributed by atoms with Crippen molar-refractivity contribution in [3.05, 3.63) is 47.5 Å². The van der Waals surface area contributed by atoms with Gasteiger partial charge >= 0.3 is 18.2 Å². The van der Waals surface area contributed by atoms with E-state index in [1.807, 2.05) is 0 Å². The van der Waals surface area contributed by atoms with Crippen LogP contribution in [-0.2, 0) is 20.4 Å². The number of nitrogens with one attached hydrogen (secondary N) is 1. The third-order valence-corrected chi connectivity index (χ3v) is 3.51. The maximum absolute atomic E-state index is 12.8. The topological polar surface area (TPSA) is 64.6 Å². The Hall–Kier alpha value is -2.51. The van der Waals surface area contributed by atoms with Crippen LogP contribution in [0.1, 0.15) is 44.7 Å². The molecule has 1 amide bonds. The zero-order valence-corrected chi connectivity index (χ0v) is 15.9. The minimum atomic E-state index is -4.47. The van der Waals surface area contributed by atoms with Crippen LogP contribution in [0.2, 0.25) is 0 Å². The molecule has 8 heteroatoms. The van der Waals surface area contributed by atoms with Gasteiger partial charge in [-0.05, 0) is 45.4 Å². The summed E-state index contributed by atoms with van der Waals surface area (Å²) in [5.74, 6) is -1.49. The number of hydrogen-bond acceptors (Lipinski definition) is 4. The number of allylic oxidation sites excluding steroid dienone is 1. The molecule has 0 aliphatic rings. The summed E-state index contributed by atoms with van der Waals surface area (Å²) in [4.78, 5) is 24.3. The number of esters is 1. The molecule has 150 valence electrons. The van der Waals surface area contributed by atoms with Crippen molar-refractivity contribution in [1.29, 1.82) is 0 Å². The van der Waals surface area contributed by atoms with Crippen LogP contribution >= 0.6 is 0 Å². The van der Waals surface area contributed by atoms with Crippen molar-refractivity contribution in [2.24, 2.45) is 0 Å². The molecule has 0 fully saturated rings. The van der Waals surface area contributed by atoms with Crippen molar-refractivity contribution in [2.75, 3.05) is 7.11 Å². The first-order chi connectivity index (χ1) is 12.4. The first kappa shape index (κ1) is 22.5. The lowest BCUT2D eigenvalue weighted by molar-refractivity contribution is -0.143. The summed E-state index contributed by atoms with van der Waals surface area (Å²) in [5.41, 5.74) is -1.18. The van der Waals surface area contributed by atoms with Gasteiger partial charge in [-0.25, -0.2) is 9.59 Å². The quantitative estimate of drug-likeness (QED) is 0.600. The molecule has 0 aromatic heterocycles. The van der Waals surface area contributed by atoms with Crippen LogP contribution in [-0.4, -0.2) is 30.8 Å². The highest BCUT2D eigenvalue weighted by Crippen LogP contribution is 2.31. The van der Waals surface area contributed by atoms with E-state index in [0.717, 1.165) is 19.2 Å². The number of carbonyl (C=O) groups excluding carboxylic acids is 2. The van der Waals surface area contributed by atoms with Crippen molar-refractivity contribution >= 4 is 12.1 Å². The second-order valence-corrected chi connectivity index (χ2v) is 6.82. The third-order valence-electron chi connectivity index (χ3n) is 3.51. The Bertz CT molecular complexity index is 676. The van der Waals surface area contributed by atoms with Gasteiger partial charge in [0, 0.05) is 5.92 Å². The van der Waals surface area contributed by atoms with Crippen LogP contribution in [0.25, 0.3) is 0 Å². The summed E-state index contributed by atoms with van der Waals surface area (Å²) >= 11 is 0. The molecule has 1 aromatic rings. The summed E-state index contributed by atoms with van der Waals surface area (Å²) in [5, 5.41) is 2.44. The van der Waals surface area contributed by atoms with Gasteiger partial charge in [-0.2, -0.15) is 13.2 Å². The molecule has 0 saturated carbocycles. The molecule has 1 rings (SSSR count). The summed E-state index contributed by atoms with van der Waals surface area (Å²) in [6, 6.07) is 3.21. The van der Waals surface area contributed by atoms with Gasteiger partial charge < -0.3 is 14.8 Å². The van der Waals surface area contributed by atoms with Gasteiger partial charge in [-0.1, -0.05) is 24.3 Å². The van der Waals surface area contributed by atoms with Crippen LogP contribution in [0, 0.1) is 0 Å².